The number of ether oxygens (including phenoxy) is 2. The zero-order valence-electron chi connectivity index (χ0n) is 13.8. The smallest absolute Gasteiger partial charge is 0.159 e. The lowest BCUT2D eigenvalue weighted by molar-refractivity contribution is 0.120. The molecule has 7 nitrogen and oxygen atoms in total. The number of rotatable bonds is 7. The molecule has 2 aromatic rings. The summed E-state index contributed by atoms with van der Waals surface area (Å²) in [6, 6.07) is 7.68. The molecule has 3 rings (SSSR count). The normalized spacial score (nSPS) is 16.8. The maximum Gasteiger partial charge on any atom is 0.159 e. The molecule has 0 radical (unpaired) electrons. The number of nitrogens with two attached hydrogens (primary N) is 1. The van der Waals surface area contributed by atoms with E-state index in [0.717, 1.165) is 30.9 Å². The number of benzene rings is 1. The van der Waals surface area contributed by atoms with Crippen molar-refractivity contribution in [1.82, 2.24) is 9.97 Å². The van der Waals surface area contributed by atoms with Crippen LogP contribution in [0.2, 0.25) is 0 Å². The molecule has 2 heterocycles. The summed E-state index contributed by atoms with van der Waals surface area (Å²) in [4.78, 5) is 8.47. The van der Waals surface area contributed by atoms with E-state index in [2.05, 4.69) is 20.6 Å². The molecule has 7 heteroatoms. The summed E-state index contributed by atoms with van der Waals surface area (Å²) in [6.07, 6.45) is 3.87. The van der Waals surface area contributed by atoms with Crippen LogP contribution in [0.4, 0.5) is 23.0 Å². The Morgan fingerprint density at radius 3 is 2.92 bits per heavy atom. The van der Waals surface area contributed by atoms with Gasteiger partial charge in [0.1, 0.15) is 17.8 Å². The van der Waals surface area contributed by atoms with Gasteiger partial charge in [0, 0.05) is 13.2 Å². The number of hydrogen-bond acceptors (Lipinski definition) is 7. The lowest BCUT2D eigenvalue weighted by Gasteiger charge is -2.16. The SMILES string of the molecule is CCOc1ccccc1Nc1ncnc(NCC2CCCO2)c1N. The summed E-state index contributed by atoms with van der Waals surface area (Å²) < 4.78 is 11.2. The van der Waals surface area contributed by atoms with Crippen molar-refractivity contribution in [3.05, 3.63) is 30.6 Å². The first-order valence-electron chi connectivity index (χ1n) is 8.22. The van der Waals surface area contributed by atoms with Gasteiger partial charge in [0.15, 0.2) is 11.6 Å². The van der Waals surface area contributed by atoms with Gasteiger partial charge in [0.25, 0.3) is 0 Å². The second-order valence-corrected chi connectivity index (χ2v) is 5.55. The fourth-order valence-corrected chi connectivity index (χ4v) is 2.63. The van der Waals surface area contributed by atoms with Crippen molar-refractivity contribution >= 4 is 23.0 Å². The number of nitrogens with one attached hydrogen (secondary N) is 2. The molecule has 128 valence electrons. The van der Waals surface area contributed by atoms with E-state index in [1.807, 2.05) is 31.2 Å². The Bertz CT molecular complexity index is 674. The molecule has 1 aliphatic rings. The predicted molar refractivity (Wildman–Crippen MR) is 94.8 cm³/mol. The zero-order chi connectivity index (χ0) is 16.8. The van der Waals surface area contributed by atoms with Gasteiger partial charge in [-0.15, -0.1) is 0 Å². The molecule has 0 saturated carbocycles. The van der Waals surface area contributed by atoms with Gasteiger partial charge in [0.2, 0.25) is 0 Å². The van der Waals surface area contributed by atoms with Crippen molar-refractivity contribution in [1.29, 1.82) is 0 Å². The standard InChI is InChI=1S/C17H23N5O2/c1-2-23-14-8-4-3-7-13(14)22-17-15(18)16(20-11-21-17)19-10-12-6-5-9-24-12/h3-4,7-8,11-12H,2,5-6,9-10,18H2,1H3,(H2,19,20,21,22). The Morgan fingerprint density at radius 2 is 2.12 bits per heavy atom. The topological polar surface area (TPSA) is 94.3 Å². The zero-order valence-corrected chi connectivity index (χ0v) is 13.8. The largest absolute Gasteiger partial charge is 0.492 e. The third kappa shape index (κ3) is 3.86. The summed E-state index contributed by atoms with van der Waals surface area (Å²) >= 11 is 0. The number of nitrogen functional groups attached to an aromatic ring is 1. The first-order valence-corrected chi connectivity index (χ1v) is 8.22. The number of nitrogens with zero attached hydrogens (tertiary/aromatic N) is 2. The van der Waals surface area contributed by atoms with Crippen LogP contribution in [-0.4, -0.2) is 35.8 Å². The van der Waals surface area contributed by atoms with Crippen LogP contribution in [0.3, 0.4) is 0 Å². The summed E-state index contributed by atoms with van der Waals surface area (Å²) in [6.45, 7) is 4.05. The summed E-state index contributed by atoms with van der Waals surface area (Å²) in [5.41, 5.74) is 7.50. The minimum atomic E-state index is 0.217. The van der Waals surface area contributed by atoms with Gasteiger partial charge >= 0.3 is 0 Å². The number of para-hydroxylation sites is 2. The molecule has 1 fully saturated rings. The van der Waals surface area contributed by atoms with E-state index in [1.165, 1.54) is 6.33 Å². The maximum atomic E-state index is 6.21. The van der Waals surface area contributed by atoms with Gasteiger partial charge in [-0.2, -0.15) is 0 Å². The Labute approximate surface area is 141 Å². The first kappa shape index (κ1) is 16.3. The van der Waals surface area contributed by atoms with Gasteiger partial charge in [0.05, 0.1) is 18.4 Å². The Hall–Kier alpha value is -2.54. The average Bonchev–Trinajstić information content (AvgIpc) is 3.11. The summed E-state index contributed by atoms with van der Waals surface area (Å²) in [5, 5.41) is 6.47. The highest BCUT2D eigenvalue weighted by atomic mass is 16.5. The van der Waals surface area contributed by atoms with Crippen LogP contribution < -0.4 is 21.1 Å². The molecule has 1 saturated heterocycles. The minimum Gasteiger partial charge on any atom is -0.492 e. The van der Waals surface area contributed by atoms with E-state index in [1.54, 1.807) is 0 Å². The molecule has 1 aromatic heterocycles. The highest BCUT2D eigenvalue weighted by Crippen LogP contribution is 2.31. The van der Waals surface area contributed by atoms with Crippen LogP contribution in [0, 0.1) is 0 Å². The second kappa shape index (κ2) is 7.83. The van der Waals surface area contributed by atoms with Crippen LogP contribution in [0.1, 0.15) is 19.8 Å². The number of hydrogen-bond donors (Lipinski definition) is 3. The maximum absolute atomic E-state index is 6.21. The van der Waals surface area contributed by atoms with E-state index >= 15 is 0 Å². The lowest BCUT2D eigenvalue weighted by atomic mass is 10.2. The van der Waals surface area contributed by atoms with Crippen LogP contribution in [0.5, 0.6) is 5.75 Å². The number of anilines is 4. The summed E-state index contributed by atoms with van der Waals surface area (Å²) in [7, 11) is 0. The van der Waals surface area contributed by atoms with Crippen LogP contribution >= 0.6 is 0 Å². The van der Waals surface area contributed by atoms with Gasteiger partial charge in [-0.25, -0.2) is 9.97 Å². The van der Waals surface area contributed by atoms with Gasteiger partial charge < -0.3 is 25.8 Å². The Morgan fingerprint density at radius 1 is 1.29 bits per heavy atom. The molecule has 0 spiro atoms. The molecule has 1 atom stereocenters. The lowest BCUT2D eigenvalue weighted by Crippen LogP contribution is -2.20. The van der Waals surface area contributed by atoms with Crippen molar-refractivity contribution in [3.63, 3.8) is 0 Å². The Balaban J connectivity index is 1.73. The third-order valence-corrected chi connectivity index (χ3v) is 3.85. The van der Waals surface area contributed by atoms with Crippen molar-refractivity contribution in [2.24, 2.45) is 0 Å². The fraction of sp³-hybridized carbons (Fsp3) is 0.412. The van der Waals surface area contributed by atoms with Crippen LogP contribution in [0.15, 0.2) is 30.6 Å². The molecule has 0 bridgehead atoms. The Kier molecular flexibility index (Phi) is 5.32. The van der Waals surface area contributed by atoms with E-state index in [-0.39, 0.29) is 6.10 Å². The molecule has 1 aliphatic heterocycles. The van der Waals surface area contributed by atoms with E-state index in [0.29, 0.717) is 30.5 Å². The van der Waals surface area contributed by atoms with Crippen molar-refractivity contribution in [2.75, 3.05) is 36.1 Å². The van der Waals surface area contributed by atoms with Gasteiger partial charge in [-0.05, 0) is 31.9 Å². The van der Waals surface area contributed by atoms with Crippen LogP contribution in [0.25, 0.3) is 0 Å². The molecule has 24 heavy (non-hydrogen) atoms. The van der Waals surface area contributed by atoms with Crippen molar-refractivity contribution in [3.8, 4) is 5.75 Å². The van der Waals surface area contributed by atoms with E-state index < -0.39 is 0 Å². The van der Waals surface area contributed by atoms with E-state index in [9.17, 15) is 0 Å². The first-order chi connectivity index (χ1) is 11.8. The highest BCUT2D eigenvalue weighted by Gasteiger charge is 2.17. The van der Waals surface area contributed by atoms with Gasteiger partial charge in [-0.3, -0.25) is 0 Å². The monoisotopic (exact) mass is 329 g/mol. The minimum absolute atomic E-state index is 0.217. The quantitative estimate of drug-likeness (QED) is 0.719. The molecule has 0 amide bonds. The predicted octanol–water partition coefficient (Wildman–Crippen LogP) is 2.79. The van der Waals surface area contributed by atoms with Crippen molar-refractivity contribution < 1.29 is 9.47 Å². The van der Waals surface area contributed by atoms with E-state index in [4.69, 9.17) is 15.2 Å². The molecular weight excluding hydrogens is 306 g/mol. The second-order valence-electron chi connectivity index (χ2n) is 5.55. The molecule has 0 aliphatic carbocycles. The summed E-state index contributed by atoms with van der Waals surface area (Å²) in [5.74, 6) is 1.91. The van der Waals surface area contributed by atoms with Crippen LogP contribution in [-0.2, 0) is 4.74 Å². The molecule has 4 N–H and O–H groups in total. The van der Waals surface area contributed by atoms with Crippen molar-refractivity contribution in [2.45, 2.75) is 25.9 Å². The third-order valence-electron chi connectivity index (χ3n) is 3.85. The number of aromatic nitrogens is 2. The molecule has 1 unspecified atom stereocenters. The molecule has 1 aromatic carbocycles. The van der Waals surface area contributed by atoms with Gasteiger partial charge in [-0.1, -0.05) is 12.1 Å². The highest BCUT2D eigenvalue weighted by molar-refractivity contribution is 5.79. The molecular formula is C17H23N5O2. The fourth-order valence-electron chi connectivity index (χ4n) is 2.63. The average molecular weight is 329 g/mol.